The molecule has 7 heteroatoms. The molecule has 0 bridgehead atoms. The number of aromatic nitrogens is 1. The molecule has 0 radical (unpaired) electrons. The molecular formula is C12H21Cl2N3OS. The van der Waals surface area contributed by atoms with Crippen molar-refractivity contribution in [1.82, 2.24) is 9.88 Å². The number of nitrogens with two attached hydrogens (primary N) is 1. The highest BCUT2D eigenvalue weighted by Crippen LogP contribution is 2.32. The standard InChI is InChI=1S/C12H19N3OS.2ClH/c1-8-7-17-11(14-8)10-5-3-4-6-15(10)12(16)9(2)13;;/h7,9-10H,3-6,13H2,1-2H3;2*1H/t9-,10?;;/m1../s1. The van der Waals surface area contributed by atoms with Gasteiger partial charge in [-0.2, -0.15) is 0 Å². The first kappa shape index (κ1) is 18.6. The number of hydrogen-bond donors (Lipinski definition) is 1. The molecular weight excluding hydrogens is 305 g/mol. The SMILES string of the molecule is Cc1csc(C2CCCCN2C(=O)[C@@H](C)N)n1.Cl.Cl. The molecule has 0 aliphatic carbocycles. The van der Waals surface area contributed by atoms with Crippen molar-refractivity contribution < 1.29 is 4.79 Å². The van der Waals surface area contributed by atoms with Crippen molar-refractivity contribution in [1.29, 1.82) is 0 Å². The first-order chi connectivity index (χ1) is 8.09. The van der Waals surface area contributed by atoms with Crippen molar-refractivity contribution in [3.8, 4) is 0 Å². The van der Waals surface area contributed by atoms with E-state index in [0.29, 0.717) is 0 Å². The number of carbonyl (C=O) groups is 1. The summed E-state index contributed by atoms with van der Waals surface area (Å²) in [4.78, 5) is 18.5. The first-order valence-corrected chi connectivity index (χ1v) is 6.95. The van der Waals surface area contributed by atoms with E-state index in [-0.39, 0.29) is 36.8 Å². The predicted octanol–water partition coefficient (Wildman–Crippen LogP) is 2.70. The number of rotatable bonds is 2. The van der Waals surface area contributed by atoms with E-state index >= 15 is 0 Å². The second kappa shape index (κ2) is 8.04. The molecule has 1 aromatic heterocycles. The van der Waals surface area contributed by atoms with Crippen molar-refractivity contribution in [3.05, 3.63) is 16.1 Å². The minimum Gasteiger partial charge on any atom is -0.332 e. The predicted molar refractivity (Wildman–Crippen MR) is 83.3 cm³/mol. The van der Waals surface area contributed by atoms with Crippen LogP contribution < -0.4 is 5.73 Å². The van der Waals surface area contributed by atoms with Crippen LogP contribution in [0.25, 0.3) is 0 Å². The Morgan fingerprint density at radius 2 is 2.21 bits per heavy atom. The minimum absolute atomic E-state index is 0. The third-order valence-electron chi connectivity index (χ3n) is 3.10. The number of amides is 1. The summed E-state index contributed by atoms with van der Waals surface area (Å²) in [6.45, 7) is 4.55. The van der Waals surface area contributed by atoms with Crippen LogP contribution in [0.2, 0.25) is 0 Å². The fourth-order valence-corrected chi connectivity index (χ4v) is 3.18. The molecule has 0 saturated carbocycles. The molecule has 2 heterocycles. The van der Waals surface area contributed by atoms with Gasteiger partial charge in [-0.05, 0) is 33.1 Å². The Labute approximate surface area is 130 Å². The van der Waals surface area contributed by atoms with Gasteiger partial charge in [0, 0.05) is 17.6 Å². The second-order valence-corrected chi connectivity index (χ2v) is 5.55. The zero-order valence-corrected chi connectivity index (χ0v) is 13.6. The zero-order chi connectivity index (χ0) is 12.4. The fraction of sp³-hybridized carbons (Fsp3) is 0.667. The van der Waals surface area contributed by atoms with E-state index < -0.39 is 6.04 Å². The van der Waals surface area contributed by atoms with Gasteiger partial charge in [0.15, 0.2) is 0 Å². The monoisotopic (exact) mass is 325 g/mol. The van der Waals surface area contributed by atoms with Crippen LogP contribution in [-0.4, -0.2) is 28.4 Å². The van der Waals surface area contributed by atoms with Gasteiger partial charge in [-0.3, -0.25) is 4.79 Å². The van der Waals surface area contributed by atoms with E-state index in [9.17, 15) is 4.79 Å². The molecule has 1 amide bonds. The highest BCUT2D eigenvalue weighted by atomic mass is 35.5. The Kier molecular flexibility index (Phi) is 7.89. The highest BCUT2D eigenvalue weighted by molar-refractivity contribution is 7.09. The van der Waals surface area contributed by atoms with Crippen LogP contribution in [0.1, 0.15) is 42.9 Å². The van der Waals surface area contributed by atoms with Crippen LogP contribution >= 0.6 is 36.2 Å². The van der Waals surface area contributed by atoms with Crippen LogP contribution in [0.3, 0.4) is 0 Å². The molecule has 0 spiro atoms. The van der Waals surface area contributed by atoms with Gasteiger partial charge in [-0.25, -0.2) is 4.98 Å². The molecule has 2 rings (SSSR count). The number of carbonyl (C=O) groups excluding carboxylic acids is 1. The number of thiazole rings is 1. The van der Waals surface area contributed by atoms with Crippen molar-refractivity contribution in [2.45, 2.75) is 45.2 Å². The van der Waals surface area contributed by atoms with E-state index in [1.54, 1.807) is 18.3 Å². The Morgan fingerprint density at radius 3 is 2.74 bits per heavy atom. The minimum atomic E-state index is -0.420. The summed E-state index contributed by atoms with van der Waals surface area (Å²) >= 11 is 1.64. The van der Waals surface area contributed by atoms with E-state index in [1.807, 2.05) is 17.2 Å². The molecule has 1 aliphatic heterocycles. The number of piperidine rings is 1. The van der Waals surface area contributed by atoms with Crippen LogP contribution in [0, 0.1) is 6.92 Å². The maximum absolute atomic E-state index is 12.1. The molecule has 110 valence electrons. The average molecular weight is 326 g/mol. The molecule has 1 fully saturated rings. The number of likely N-dealkylation sites (tertiary alicyclic amines) is 1. The third-order valence-corrected chi connectivity index (χ3v) is 4.16. The fourth-order valence-electron chi connectivity index (χ4n) is 2.24. The van der Waals surface area contributed by atoms with E-state index in [1.165, 1.54) is 0 Å². The topological polar surface area (TPSA) is 59.2 Å². The van der Waals surface area contributed by atoms with E-state index in [4.69, 9.17) is 5.73 Å². The molecule has 1 aliphatic rings. The van der Waals surface area contributed by atoms with Crippen LogP contribution in [0.5, 0.6) is 0 Å². The number of hydrogen-bond acceptors (Lipinski definition) is 4. The van der Waals surface area contributed by atoms with Crippen molar-refractivity contribution >= 4 is 42.1 Å². The van der Waals surface area contributed by atoms with Gasteiger partial charge in [0.25, 0.3) is 0 Å². The average Bonchev–Trinajstić information content (AvgIpc) is 2.74. The van der Waals surface area contributed by atoms with Gasteiger partial charge >= 0.3 is 0 Å². The zero-order valence-electron chi connectivity index (χ0n) is 11.2. The molecule has 2 N–H and O–H groups in total. The maximum atomic E-state index is 12.1. The summed E-state index contributed by atoms with van der Waals surface area (Å²) in [6.07, 6.45) is 3.23. The quantitative estimate of drug-likeness (QED) is 0.909. The van der Waals surface area contributed by atoms with Gasteiger partial charge in [-0.15, -0.1) is 36.2 Å². The van der Waals surface area contributed by atoms with Crippen LogP contribution in [-0.2, 0) is 4.79 Å². The highest BCUT2D eigenvalue weighted by Gasteiger charge is 2.31. The normalized spacial score (nSPS) is 20.2. The van der Waals surface area contributed by atoms with E-state index in [2.05, 4.69) is 4.98 Å². The Morgan fingerprint density at radius 1 is 1.53 bits per heavy atom. The van der Waals surface area contributed by atoms with Gasteiger partial charge < -0.3 is 10.6 Å². The van der Waals surface area contributed by atoms with Crippen LogP contribution in [0.15, 0.2) is 5.38 Å². The summed E-state index contributed by atoms with van der Waals surface area (Å²) in [5.41, 5.74) is 6.74. The Bertz CT molecular complexity index is 411. The van der Waals surface area contributed by atoms with Gasteiger partial charge in [-0.1, -0.05) is 0 Å². The van der Waals surface area contributed by atoms with Crippen molar-refractivity contribution in [3.63, 3.8) is 0 Å². The van der Waals surface area contributed by atoms with Gasteiger partial charge in [0.2, 0.25) is 5.91 Å². The molecule has 1 unspecified atom stereocenters. The number of halogens is 2. The van der Waals surface area contributed by atoms with Crippen LogP contribution in [0.4, 0.5) is 0 Å². The lowest BCUT2D eigenvalue weighted by Crippen LogP contribution is -2.46. The van der Waals surface area contributed by atoms with Crippen molar-refractivity contribution in [2.75, 3.05) is 6.54 Å². The number of nitrogens with zero attached hydrogens (tertiary/aromatic N) is 2. The maximum Gasteiger partial charge on any atom is 0.239 e. The lowest BCUT2D eigenvalue weighted by molar-refractivity contribution is -0.136. The summed E-state index contributed by atoms with van der Waals surface area (Å²) in [5.74, 6) is 0.0440. The molecule has 1 saturated heterocycles. The van der Waals surface area contributed by atoms with Gasteiger partial charge in [0.1, 0.15) is 5.01 Å². The smallest absolute Gasteiger partial charge is 0.239 e. The summed E-state index contributed by atoms with van der Waals surface area (Å²) in [6, 6.07) is -0.280. The summed E-state index contributed by atoms with van der Waals surface area (Å²) in [7, 11) is 0. The summed E-state index contributed by atoms with van der Waals surface area (Å²) in [5, 5.41) is 3.09. The van der Waals surface area contributed by atoms with E-state index in [0.717, 1.165) is 36.5 Å². The van der Waals surface area contributed by atoms with Gasteiger partial charge in [0.05, 0.1) is 12.1 Å². The molecule has 0 aromatic carbocycles. The number of aryl methyl sites for hydroxylation is 1. The summed E-state index contributed by atoms with van der Waals surface area (Å²) < 4.78 is 0. The Hall–Kier alpha value is -0.360. The van der Waals surface area contributed by atoms with Crippen molar-refractivity contribution in [2.24, 2.45) is 5.73 Å². The molecule has 2 atom stereocenters. The lowest BCUT2D eigenvalue weighted by Gasteiger charge is -2.35. The lowest BCUT2D eigenvalue weighted by atomic mass is 10.0. The molecule has 19 heavy (non-hydrogen) atoms. The second-order valence-electron chi connectivity index (χ2n) is 4.66. The third kappa shape index (κ3) is 4.31. The molecule has 1 aromatic rings. The molecule has 4 nitrogen and oxygen atoms in total. The Balaban J connectivity index is 0.00000162. The largest absolute Gasteiger partial charge is 0.332 e. The first-order valence-electron chi connectivity index (χ1n) is 6.07.